The first kappa shape index (κ1) is 36.2. The second-order valence-corrected chi connectivity index (χ2v) is 11.2. The number of benzene rings is 2. The Hall–Kier alpha value is -6.57. The fourth-order valence-corrected chi connectivity index (χ4v) is 4.74. The largest absolute Gasteiger partial charge is 0.491 e. The first-order valence-corrected chi connectivity index (χ1v) is 16.8. The highest BCUT2D eigenvalue weighted by atomic mass is 16.6. The molecule has 5 aromatic rings. The van der Waals surface area contributed by atoms with Crippen molar-refractivity contribution in [1.29, 1.82) is 0 Å². The standard InChI is InChI=1S/C41H35N5O7/c47-40-30-10-18-36(19-11-30)52-28-26-50-24-22-49-23-25-51-27-29-53-37-20-12-31(13-21-37)41(48)46-39-9-3-7-35(44-39)17-15-33-5-1-4-32(42-33)14-16-34-6-2-8-38(43-34)45-40/h1-13,18-21H,22-29H2,(H,43,45,47)(H,44,46,48). The van der Waals surface area contributed by atoms with Crippen LogP contribution in [-0.2, 0) is 14.2 Å². The molecule has 10 bridgehead atoms. The molecule has 266 valence electrons. The summed E-state index contributed by atoms with van der Waals surface area (Å²) < 4.78 is 28.1. The Labute approximate surface area is 306 Å². The van der Waals surface area contributed by atoms with E-state index in [1.165, 1.54) is 0 Å². The van der Waals surface area contributed by atoms with Crippen molar-refractivity contribution in [3.05, 3.63) is 137 Å². The number of carbonyl (C=O) groups is 2. The zero-order valence-electron chi connectivity index (χ0n) is 28.7. The normalized spacial score (nSPS) is 14.6. The molecular weight excluding hydrogens is 674 g/mol. The number of hydrogen-bond acceptors (Lipinski definition) is 10. The Balaban J connectivity index is 1.13. The van der Waals surface area contributed by atoms with Gasteiger partial charge in [0.25, 0.3) is 11.8 Å². The van der Waals surface area contributed by atoms with Crippen LogP contribution in [0.4, 0.5) is 11.6 Å². The van der Waals surface area contributed by atoms with Crippen LogP contribution in [0.3, 0.4) is 0 Å². The quantitative estimate of drug-likeness (QED) is 0.211. The van der Waals surface area contributed by atoms with E-state index in [4.69, 9.17) is 23.7 Å². The van der Waals surface area contributed by atoms with Crippen LogP contribution < -0.4 is 20.1 Å². The summed E-state index contributed by atoms with van der Waals surface area (Å²) in [5.74, 6) is 13.3. The molecule has 0 fully saturated rings. The van der Waals surface area contributed by atoms with Gasteiger partial charge in [-0.2, -0.15) is 0 Å². The van der Waals surface area contributed by atoms with E-state index in [0.717, 1.165) is 0 Å². The molecule has 0 unspecified atom stereocenters. The minimum atomic E-state index is -0.319. The number of aromatic nitrogens is 3. The molecule has 12 nitrogen and oxygen atoms in total. The van der Waals surface area contributed by atoms with Crippen LogP contribution in [0.25, 0.3) is 0 Å². The van der Waals surface area contributed by atoms with Gasteiger partial charge in [-0.25, -0.2) is 15.0 Å². The third-order valence-corrected chi connectivity index (χ3v) is 7.34. The van der Waals surface area contributed by atoms with Crippen LogP contribution in [0, 0.1) is 23.7 Å². The van der Waals surface area contributed by atoms with Gasteiger partial charge < -0.3 is 34.3 Å². The lowest BCUT2D eigenvalue weighted by Crippen LogP contribution is -2.14. The first-order chi connectivity index (χ1) is 26.1. The van der Waals surface area contributed by atoms with E-state index in [2.05, 4.69) is 49.3 Å². The Morgan fingerprint density at radius 2 is 0.755 bits per heavy atom. The van der Waals surface area contributed by atoms with Gasteiger partial charge in [-0.3, -0.25) is 9.59 Å². The van der Waals surface area contributed by atoms with Crippen LogP contribution in [0.1, 0.15) is 43.5 Å². The number of rotatable bonds is 0. The third-order valence-electron chi connectivity index (χ3n) is 7.34. The lowest BCUT2D eigenvalue weighted by Gasteiger charge is -2.10. The van der Waals surface area contributed by atoms with Crippen molar-refractivity contribution in [1.82, 2.24) is 15.0 Å². The molecule has 0 saturated carbocycles. The zero-order valence-corrected chi connectivity index (χ0v) is 28.7. The van der Waals surface area contributed by atoms with E-state index in [1.54, 1.807) is 103 Å². The van der Waals surface area contributed by atoms with Crippen molar-refractivity contribution >= 4 is 23.5 Å². The van der Waals surface area contributed by atoms with Gasteiger partial charge in [-0.05, 0) is 109 Å². The first-order valence-electron chi connectivity index (χ1n) is 16.8. The Morgan fingerprint density at radius 3 is 1.15 bits per heavy atom. The van der Waals surface area contributed by atoms with Gasteiger partial charge in [0.1, 0.15) is 59.1 Å². The average molecular weight is 710 g/mol. The summed E-state index contributed by atoms with van der Waals surface area (Å²) in [5.41, 5.74) is 2.78. The van der Waals surface area contributed by atoms with E-state index in [9.17, 15) is 9.59 Å². The Kier molecular flexibility index (Phi) is 13.1. The molecule has 12 heteroatoms. The van der Waals surface area contributed by atoms with Crippen molar-refractivity contribution in [2.24, 2.45) is 0 Å². The average Bonchev–Trinajstić information content (AvgIpc) is 3.18. The SMILES string of the molecule is O=C1Nc2cccc(n2)C#Cc2cccc(n2)C#Cc2cccc(n2)NC(=O)c2ccc(cc2)OCCOCCOCCOCCOc2ccc1cc2. The summed E-state index contributed by atoms with van der Waals surface area (Å²) in [4.78, 5) is 39.2. The molecule has 9 rings (SSSR count). The molecule has 0 spiro atoms. The Bertz CT molecular complexity index is 1990. The fourth-order valence-electron chi connectivity index (χ4n) is 4.74. The van der Waals surface area contributed by atoms with Gasteiger partial charge in [0.05, 0.1) is 39.6 Å². The minimum Gasteiger partial charge on any atom is -0.491 e. The van der Waals surface area contributed by atoms with Crippen molar-refractivity contribution in [3.8, 4) is 35.2 Å². The molecule has 2 amide bonds. The molecular formula is C41H35N5O7. The van der Waals surface area contributed by atoms with E-state index < -0.39 is 0 Å². The topological polar surface area (TPSA) is 143 Å². The maximum absolute atomic E-state index is 12.9. The lowest BCUT2D eigenvalue weighted by atomic mass is 10.2. The summed E-state index contributed by atoms with van der Waals surface area (Å²) in [6.07, 6.45) is 0. The minimum absolute atomic E-state index is 0.319. The van der Waals surface area contributed by atoms with Gasteiger partial charge >= 0.3 is 0 Å². The summed E-state index contributed by atoms with van der Waals surface area (Å²) in [7, 11) is 0. The molecule has 2 N–H and O–H groups in total. The van der Waals surface area contributed by atoms with E-state index >= 15 is 0 Å². The predicted octanol–water partition coefficient (Wildman–Crippen LogP) is 5.00. The van der Waals surface area contributed by atoms with E-state index in [1.807, 2.05) is 0 Å². The highest BCUT2D eigenvalue weighted by Crippen LogP contribution is 2.16. The van der Waals surface area contributed by atoms with E-state index in [0.29, 0.717) is 110 Å². The van der Waals surface area contributed by atoms with Crippen molar-refractivity contribution in [3.63, 3.8) is 0 Å². The van der Waals surface area contributed by atoms with Gasteiger partial charge in [-0.1, -0.05) is 18.2 Å². The molecule has 4 aliphatic heterocycles. The molecule has 3 aromatic heterocycles. The highest BCUT2D eigenvalue weighted by molar-refractivity contribution is 6.04. The lowest BCUT2D eigenvalue weighted by molar-refractivity contribution is 0.00499. The van der Waals surface area contributed by atoms with Crippen LogP contribution in [0.5, 0.6) is 11.5 Å². The number of nitrogens with one attached hydrogen (secondary N) is 2. The number of hydrogen-bond donors (Lipinski definition) is 2. The zero-order chi connectivity index (χ0) is 36.5. The van der Waals surface area contributed by atoms with Crippen molar-refractivity contribution in [2.75, 3.05) is 63.5 Å². The second-order valence-electron chi connectivity index (χ2n) is 11.2. The van der Waals surface area contributed by atoms with Crippen molar-refractivity contribution < 1.29 is 33.3 Å². The van der Waals surface area contributed by atoms with Crippen LogP contribution in [-0.4, -0.2) is 79.6 Å². The van der Waals surface area contributed by atoms with Crippen molar-refractivity contribution in [2.45, 2.75) is 0 Å². The molecule has 2 aromatic carbocycles. The van der Waals surface area contributed by atoms with Crippen LogP contribution in [0.2, 0.25) is 0 Å². The summed E-state index contributed by atoms with van der Waals surface area (Å²) in [6, 6.07) is 29.3. The number of nitrogens with zero attached hydrogens (tertiary/aromatic N) is 3. The molecule has 53 heavy (non-hydrogen) atoms. The number of amides is 2. The summed E-state index contributed by atoms with van der Waals surface area (Å²) in [6.45, 7) is 3.16. The molecule has 4 aliphatic rings. The van der Waals surface area contributed by atoms with Gasteiger partial charge in [-0.15, -0.1) is 0 Å². The molecule has 0 saturated heterocycles. The molecule has 0 atom stereocenters. The van der Waals surface area contributed by atoms with Crippen LogP contribution >= 0.6 is 0 Å². The van der Waals surface area contributed by atoms with Crippen LogP contribution in [0.15, 0.2) is 103 Å². The second kappa shape index (κ2) is 19.2. The Morgan fingerprint density at radius 1 is 0.415 bits per heavy atom. The smallest absolute Gasteiger partial charge is 0.256 e. The number of pyridine rings is 3. The third kappa shape index (κ3) is 11.7. The molecule has 7 heterocycles. The van der Waals surface area contributed by atoms with Gasteiger partial charge in [0, 0.05) is 11.1 Å². The number of ether oxygens (including phenoxy) is 5. The maximum Gasteiger partial charge on any atom is 0.256 e. The number of anilines is 2. The monoisotopic (exact) mass is 709 g/mol. The van der Waals surface area contributed by atoms with Gasteiger partial charge in [0.15, 0.2) is 0 Å². The number of carbonyl (C=O) groups excluding carboxylic acids is 2. The summed E-state index contributed by atoms with van der Waals surface area (Å²) in [5, 5.41) is 5.61. The van der Waals surface area contributed by atoms with Gasteiger partial charge in [0.2, 0.25) is 0 Å². The molecule has 0 aliphatic carbocycles. The molecule has 0 radical (unpaired) electrons. The fraction of sp³-hybridized carbons (Fsp3) is 0.195. The predicted molar refractivity (Wildman–Crippen MR) is 197 cm³/mol. The maximum atomic E-state index is 12.9. The summed E-state index contributed by atoms with van der Waals surface area (Å²) >= 11 is 0. The highest BCUT2D eigenvalue weighted by Gasteiger charge is 2.09. The van der Waals surface area contributed by atoms with E-state index in [-0.39, 0.29) is 11.8 Å².